The molecule has 1 unspecified atom stereocenters. The van der Waals surface area contributed by atoms with E-state index in [-0.39, 0.29) is 11.9 Å². The number of benzene rings is 2. The lowest BCUT2D eigenvalue weighted by atomic mass is 10.0. The van der Waals surface area contributed by atoms with Crippen molar-refractivity contribution in [3.63, 3.8) is 0 Å². The number of allylic oxidation sites excluding steroid dienone is 2. The van der Waals surface area contributed by atoms with Gasteiger partial charge in [-0.3, -0.25) is 0 Å². The van der Waals surface area contributed by atoms with E-state index in [0.29, 0.717) is 22.8 Å². The van der Waals surface area contributed by atoms with Gasteiger partial charge in [-0.25, -0.2) is 14.4 Å². The first kappa shape index (κ1) is 20.3. The predicted octanol–water partition coefficient (Wildman–Crippen LogP) is 5.70. The van der Waals surface area contributed by atoms with E-state index in [9.17, 15) is 4.39 Å². The fourth-order valence-corrected chi connectivity index (χ4v) is 2.85. The normalized spacial score (nSPS) is 12.5. The number of halogens is 1. The second kappa shape index (κ2) is 8.73. The summed E-state index contributed by atoms with van der Waals surface area (Å²) >= 11 is 0. The highest BCUT2D eigenvalue weighted by molar-refractivity contribution is 5.96. The predicted molar refractivity (Wildman–Crippen MR) is 114 cm³/mol. The Kier molecular flexibility index (Phi) is 6.12. The van der Waals surface area contributed by atoms with Crippen molar-refractivity contribution in [3.8, 4) is 16.9 Å². The highest BCUT2D eigenvalue weighted by atomic mass is 19.1. The van der Waals surface area contributed by atoms with Crippen LogP contribution in [0.1, 0.15) is 20.8 Å². The van der Waals surface area contributed by atoms with Crippen molar-refractivity contribution in [2.24, 2.45) is 0 Å². The molecule has 29 heavy (non-hydrogen) atoms. The first-order valence-corrected chi connectivity index (χ1v) is 9.27. The molecule has 0 aliphatic carbocycles. The van der Waals surface area contributed by atoms with Crippen molar-refractivity contribution < 1.29 is 13.9 Å². The van der Waals surface area contributed by atoms with Gasteiger partial charge in [0.15, 0.2) is 0 Å². The van der Waals surface area contributed by atoms with Crippen molar-refractivity contribution in [1.82, 2.24) is 9.97 Å². The Morgan fingerprint density at radius 3 is 2.55 bits per heavy atom. The Bertz CT molecular complexity index is 1060. The lowest BCUT2D eigenvalue weighted by Gasteiger charge is -2.19. The largest absolute Gasteiger partial charge is 0.494 e. The molecule has 0 saturated heterocycles. The van der Waals surface area contributed by atoms with E-state index in [2.05, 4.69) is 21.9 Å². The number of fused-ring (bicyclic) bond motifs is 1. The number of rotatable bonds is 7. The van der Waals surface area contributed by atoms with Crippen LogP contribution in [0.3, 0.4) is 0 Å². The van der Waals surface area contributed by atoms with E-state index in [1.165, 1.54) is 18.5 Å². The third kappa shape index (κ3) is 4.54. The first-order valence-electron chi connectivity index (χ1n) is 9.27. The van der Waals surface area contributed by atoms with Crippen molar-refractivity contribution in [2.45, 2.75) is 26.8 Å². The van der Waals surface area contributed by atoms with Crippen LogP contribution in [0.15, 0.2) is 66.9 Å². The summed E-state index contributed by atoms with van der Waals surface area (Å²) in [6, 6.07) is 9.97. The number of nitrogens with zero attached hydrogens (tertiary/aromatic N) is 2. The maximum absolute atomic E-state index is 13.3. The SMILES string of the molecule is C=C(O/C(C)=C\C)C(C)Nc1ncnc2c(OC)cc(-c3ccc(F)cc3)cc12. The molecule has 1 atom stereocenters. The van der Waals surface area contributed by atoms with Crippen molar-refractivity contribution in [3.05, 3.63) is 72.7 Å². The summed E-state index contributed by atoms with van der Waals surface area (Å²) in [5.74, 6) is 2.31. The summed E-state index contributed by atoms with van der Waals surface area (Å²) in [6.07, 6.45) is 3.36. The van der Waals surface area contributed by atoms with Gasteiger partial charge in [0.25, 0.3) is 0 Å². The minimum absolute atomic E-state index is 0.191. The van der Waals surface area contributed by atoms with Gasteiger partial charge in [0.05, 0.1) is 18.9 Å². The number of ether oxygens (including phenoxy) is 2. The van der Waals surface area contributed by atoms with E-state index in [1.54, 1.807) is 19.2 Å². The summed E-state index contributed by atoms with van der Waals surface area (Å²) in [4.78, 5) is 8.78. The zero-order valence-electron chi connectivity index (χ0n) is 17.0. The molecule has 2 aromatic carbocycles. The van der Waals surface area contributed by atoms with Crippen LogP contribution in [-0.2, 0) is 4.74 Å². The number of methoxy groups -OCH3 is 1. The summed E-state index contributed by atoms with van der Waals surface area (Å²) in [6.45, 7) is 9.72. The van der Waals surface area contributed by atoms with Crippen molar-refractivity contribution in [2.75, 3.05) is 12.4 Å². The highest BCUT2D eigenvalue weighted by Crippen LogP contribution is 2.34. The van der Waals surface area contributed by atoms with E-state index >= 15 is 0 Å². The third-order valence-electron chi connectivity index (χ3n) is 4.64. The molecule has 0 fully saturated rings. The van der Waals surface area contributed by atoms with Crippen LogP contribution in [0.5, 0.6) is 5.75 Å². The molecule has 6 heteroatoms. The van der Waals surface area contributed by atoms with Gasteiger partial charge in [-0.1, -0.05) is 18.7 Å². The second-order valence-corrected chi connectivity index (χ2v) is 6.64. The van der Waals surface area contributed by atoms with Crippen LogP contribution < -0.4 is 10.1 Å². The molecule has 0 aliphatic heterocycles. The van der Waals surface area contributed by atoms with E-state index in [1.807, 2.05) is 39.0 Å². The molecular formula is C23H24FN3O2. The van der Waals surface area contributed by atoms with Crippen molar-refractivity contribution in [1.29, 1.82) is 0 Å². The average Bonchev–Trinajstić information content (AvgIpc) is 2.73. The van der Waals surface area contributed by atoms with Gasteiger partial charge in [0, 0.05) is 5.39 Å². The minimum Gasteiger partial charge on any atom is -0.494 e. The summed E-state index contributed by atoms with van der Waals surface area (Å²) in [7, 11) is 1.59. The van der Waals surface area contributed by atoms with E-state index in [4.69, 9.17) is 9.47 Å². The molecule has 1 aromatic heterocycles. The molecule has 0 radical (unpaired) electrons. The number of hydrogen-bond donors (Lipinski definition) is 1. The molecule has 0 bridgehead atoms. The maximum atomic E-state index is 13.3. The Hall–Kier alpha value is -3.41. The van der Waals surface area contributed by atoms with Crippen LogP contribution in [0, 0.1) is 5.82 Å². The molecule has 0 aliphatic rings. The fourth-order valence-electron chi connectivity index (χ4n) is 2.85. The molecule has 1 heterocycles. The number of nitrogens with one attached hydrogen (secondary N) is 1. The molecule has 3 rings (SSSR count). The Morgan fingerprint density at radius 1 is 1.17 bits per heavy atom. The zero-order chi connectivity index (χ0) is 21.0. The van der Waals surface area contributed by atoms with Crippen LogP contribution in [-0.4, -0.2) is 23.1 Å². The molecule has 0 saturated carbocycles. The van der Waals surface area contributed by atoms with Gasteiger partial charge in [-0.15, -0.1) is 0 Å². The van der Waals surface area contributed by atoms with Gasteiger partial charge in [-0.05, 0) is 62.2 Å². The van der Waals surface area contributed by atoms with E-state index in [0.717, 1.165) is 22.3 Å². The zero-order valence-corrected chi connectivity index (χ0v) is 17.0. The summed E-state index contributed by atoms with van der Waals surface area (Å²) in [5.41, 5.74) is 2.42. The molecule has 0 amide bonds. The molecule has 1 N–H and O–H groups in total. The van der Waals surface area contributed by atoms with Gasteiger partial charge >= 0.3 is 0 Å². The smallest absolute Gasteiger partial charge is 0.145 e. The minimum atomic E-state index is -0.282. The highest BCUT2D eigenvalue weighted by Gasteiger charge is 2.15. The van der Waals surface area contributed by atoms with Crippen LogP contribution in [0.25, 0.3) is 22.0 Å². The molecule has 3 aromatic rings. The fraction of sp³-hybridized carbons (Fsp3) is 0.217. The van der Waals surface area contributed by atoms with Crippen LogP contribution in [0.4, 0.5) is 10.2 Å². The van der Waals surface area contributed by atoms with Gasteiger partial charge < -0.3 is 14.8 Å². The molecular weight excluding hydrogens is 369 g/mol. The Labute approximate surface area is 169 Å². The van der Waals surface area contributed by atoms with Gasteiger partial charge in [0.1, 0.15) is 35.0 Å². The quantitative estimate of drug-likeness (QED) is 0.522. The second-order valence-electron chi connectivity index (χ2n) is 6.64. The number of aromatic nitrogens is 2. The summed E-state index contributed by atoms with van der Waals surface area (Å²) < 4.78 is 24.6. The Balaban J connectivity index is 2.03. The number of hydrogen-bond acceptors (Lipinski definition) is 5. The van der Waals surface area contributed by atoms with Gasteiger partial charge in [-0.2, -0.15) is 0 Å². The van der Waals surface area contributed by atoms with Crippen LogP contribution in [0.2, 0.25) is 0 Å². The Morgan fingerprint density at radius 2 is 1.90 bits per heavy atom. The maximum Gasteiger partial charge on any atom is 0.145 e. The standard InChI is InChI=1S/C23H24FN3O2/c1-6-14(2)29-16(4)15(3)27-23-20-11-18(17-7-9-19(24)10-8-17)12-21(28-5)22(20)25-13-26-23/h6-13,15H,4H2,1-3,5H3,(H,25,26,27)/b14-6-. The average molecular weight is 393 g/mol. The summed E-state index contributed by atoms with van der Waals surface area (Å²) in [5, 5.41) is 4.12. The lowest BCUT2D eigenvalue weighted by Crippen LogP contribution is -2.20. The molecule has 5 nitrogen and oxygen atoms in total. The molecule has 0 spiro atoms. The lowest BCUT2D eigenvalue weighted by molar-refractivity contribution is 0.289. The topological polar surface area (TPSA) is 56.3 Å². The first-order chi connectivity index (χ1) is 13.9. The van der Waals surface area contributed by atoms with Crippen molar-refractivity contribution >= 4 is 16.7 Å². The van der Waals surface area contributed by atoms with E-state index < -0.39 is 0 Å². The monoisotopic (exact) mass is 393 g/mol. The van der Waals surface area contributed by atoms with Gasteiger partial charge in [0.2, 0.25) is 0 Å². The third-order valence-corrected chi connectivity index (χ3v) is 4.64. The van der Waals surface area contributed by atoms with Crippen LogP contribution >= 0.6 is 0 Å². The molecule has 150 valence electrons. The number of anilines is 1.